The molecular formula is C12H20. The van der Waals surface area contributed by atoms with Crippen molar-refractivity contribution in [3.63, 3.8) is 0 Å². The van der Waals surface area contributed by atoms with Gasteiger partial charge in [0.05, 0.1) is 0 Å². The second-order valence-corrected chi connectivity index (χ2v) is 3.69. The van der Waals surface area contributed by atoms with Crippen LogP contribution in [0.15, 0.2) is 36.5 Å². The van der Waals surface area contributed by atoms with Crippen molar-refractivity contribution in [1.29, 1.82) is 0 Å². The zero-order valence-corrected chi connectivity index (χ0v) is 8.45. The van der Waals surface area contributed by atoms with Gasteiger partial charge in [-0.25, -0.2) is 0 Å². The van der Waals surface area contributed by atoms with Crippen molar-refractivity contribution in [2.45, 2.75) is 39.5 Å². The third-order valence-electron chi connectivity index (χ3n) is 1.69. The lowest BCUT2D eigenvalue weighted by molar-refractivity contribution is 0.789. The summed E-state index contributed by atoms with van der Waals surface area (Å²) in [7, 11) is 0. The molecule has 0 saturated carbocycles. The van der Waals surface area contributed by atoms with Crippen molar-refractivity contribution in [3.05, 3.63) is 36.5 Å². The quantitative estimate of drug-likeness (QED) is 0.515. The molecule has 0 unspecified atom stereocenters. The molecule has 0 heteroatoms. The van der Waals surface area contributed by atoms with Crippen LogP contribution in [-0.4, -0.2) is 0 Å². The predicted molar refractivity (Wildman–Crippen MR) is 57.2 cm³/mol. The van der Waals surface area contributed by atoms with E-state index in [1.807, 2.05) is 6.92 Å². The average Bonchev–Trinajstić information content (AvgIpc) is 1.84. The lowest BCUT2D eigenvalue weighted by Gasteiger charge is -2.04. The van der Waals surface area contributed by atoms with Gasteiger partial charge in [0.15, 0.2) is 0 Å². The summed E-state index contributed by atoms with van der Waals surface area (Å²) < 4.78 is 0. The van der Waals surface area contributed by atoms with Crippen LogP contribution in [0.25, 0.3) is 0 Å². The Morgan fingerprint density at radius 1 is 0.917 bits per heavy atom. The Labute approximate surface area is 76.7 Å². The van der Waals surface area contributed by atoms with Gasteiger partial charge in [0.25, 0.3) is 0 Å². The first kappa shape index (κ1) is 11.2. The fourth-order valence-corrected chi connectivity index (χ4v) is 1.16. The van der Waals surface area contributed by atoms with E-state index < -0.39 is 0 Å². The Balaban J connectivity index is 3.44. The van der Waals surface area contributed by atoms with Gasteiger partial charge in [0, 0.05) is 0 Å². The molecule has 12 heavy (non-hydrogen) atoms. The maximum Gasteiger partial charge on any atom is -0.0117 e. The van der Waals surface area contributed by atoms with E-state index in [9.17, 15) is 0 Å². The number of hydrogen-bond donors (Lipinski definition) is 0. The fourth-order valence-electron chi connectivity index (χ4n) is 1.16. The van der Waals surface area contributed by atoms with E-state index >= 15 is 0 Å². The first-order chi connectivity index (χ1) is 5.52. The Hall–Kier alpha value is -0.780. The summed E-state index contributed by atoms with van der Waals surface area (Å²) in [6.07, 6.45) is 4.40. The molecule has 0 aliphatic carbocycles. The summed E-state index contributed by atoms with van der Waals surface area (Å²) in [4.78, 5) is 0. The maximum atomic E-state index is 4.00. The molecule has 0 radical (unpaired) electrons. The molecule has 0 spiro atoms. The van der Waals surface area contributed by atoms with Crippen LogP contribution < -0.4 is 0 Å². The highest BCUT2D eigenvalue weighted by atomic mass is 14.0. The van der Waals surface area contributed by atoms with Crippen LogP contribution in [0.3, 0.4) is 0 Å². The van der Waals surface area contributed by atoms with Gasteiger partial charge in [0.2, 0.25) is 0 Å². The Morgan fingerprint density at radius 3 is 1.92 bits per heavy atom. The van der Waals surface area contributed by atoms with E-state index in [1.165, 1.54) is 23.1 Å². The topological polar surface area (TPSA) is 0 Å². The SMILES string of the molecule is C=C(C)CCCC(=C)CC(=C)C. The number of rotatable bonds is 6. The highest BCUT2D eigenvalue weighted by Gasteiger charge is 1.95. The van der Waals surface area contributed by atoms with Crippen molar-refractivity contribution >= 4 is 0 Å². The van der Waals surface area contributed by atoms with Gasteiger partial charge in [-0.05, 0) is 39.5 Å². The minimum atomic E-state index is 0.982. The van der Waals surface area contributed by atoms with Crippen LogP contribution in [-0.2, 0) is 0 Å². The van der Waals surface area contributed by atoms with Crippen molar-refractivity contribution < 1.29 is 0 Å². The van der Waals surface area contributed by atoms with Gasteiger partial charge in [0.1, 0.15) is 0 Å². The molecule has 0 N–H and O–H groups in total. The van der Waals surface area contributed by atoms with Crippen LogP contribution in [0.4, 0.5) is 0 Å². The zero-order chi connectivity index (χ0) is 9.56. The van der Waals surface area contributed by atoms with Gasteiger partial charge in [-0.3, -0.25) is 0 Å². The van der Waals surface area contributed by atoms with Gasteiger partial charge >= 0.3 is 0 Å². The normalized spacial score (nSPS) is 9.50. The Morgan fingerprint density at radius 2 is 1.50 bits per heavy atom. The van der Waals surface area contributed by atoms with E-state index in [-0.39, 0.29) is 0 Å². The van der Waals surface area contributed by atoms with E-state index in [0.717, 1.165) is 19.3 Å². The molecular weight excluding hydrogens is 144 g/mol. The number of hydrogen-bond acceptors (Lipinski definition) is 0. The molecule has 0 aromatic carbocycles. The molecule has 68 valence electrons. The van der Waals surface area contributed by atoms with Crippen LogP contribution >= 0.6 is 0 Å². The lowest BCUT2D eigenvalue weighted by Crippen LogP contribution is -1.84. The van der Waals surface area contributed by atoms with E-state index in [4.69, 9.17) is 0 Å². The van der Waals surface area contributed by atoms with Gasteiger partial charge in [-0.15, -0.1) is 6.58 Å². The van der Waals surface area contributed by atoms with Crippen LogP contribution in [0, 0.1) is 0 Å². The molecule has 0 fully saturated rings. The number of allylic oxidation sites excluding steroid dienone is 3. The second kappa shape index (κ2) is 5.82. The smallest absolute Gasteiger partial charge is 0.0117 e. The largest absolute Gasteiger partial charge is 0.100 e. The second-order valence-electron chi connectivity index (χ2n) is 3.69. The molecule has 0 aromatic rings. The first-order valence-corrected chi connectivity index (χ1v) is 4.47. The molecule has 0 nitrogen and oxygen atoms in total. The molecule has 0 heterocycles. The summed E-state index contributed by atoms with van der Waals surface area (Å²) in [5, 5.41) is 0. The third-order valence-corrected chi connectivity index (χ3v) is 1.69. The van der Waals surface area contributed by atoms with Crippen LogP contribution in [0.1, 0.15) is 39.5 Å². The molecule has 0 atom stereocenters. The highest BCUT2D eigenvalue weighted by Crippen LogP contribution is 2.15. The van der Waals surface area contributed by atoms with E-state index in [0.29, 0.717) is 0 Å². The summed E-state index contributed by atoms with van der Waals surface area (Å²) in [5.74, 6) is 0. The van der Waals surface area contributed by atoms with Crippen molar-refractivity contribution in [1.82, 2.24) is 0 Å². The fraction of sp³-hybridized carbons (Fsp3) is 0.500. The third kappa shape index (κ3) is 7.33. The van der Waals surface area contributed by atoms with Crippen LogP contribution in [0.2, 0.25) is 0 Å². The van der Waals surface area contributed by atoms with Gasteiger partial charge < -0.3 is 0 Å². The summed E-state index contributed by atoms with van der Waals surface area (Å²) >= 11 is 0. The summed E-state index contributed by atoms with van der Waals surface area (Å²) in [6.45, 7) is 15.8. The molecule has 0 rings (SSSR count). The molecule has 0 amide bonds. The molecule has 0 saturated heterocycles. The summed E-state index contributed by atoms with van der Waals surface area (Å²) in [6, 6.07) is 0. The highest BCUT2D eigenvalue weighted by molar-refractivity contribution is 5.07. The van der Waals surface area contributed by atoms with Crippen molar-refractivity contribution in [3.8, 4) is 0 Å². The van der Waals surface area contributed by atoms with E-state index in [2.05, 4.69) is 26.7 Å². The predicted octanol–water partition coefficient (Wildman–Crippen LogP) is 4.26. The Kier molecular flexibility index (Phi) is 5.44. The van der Waals surface area contributed by atoms with Gasteiger partial charge in [-0.2, -0.15) is 0 Å². The zero-order valence-electron chi connectivity index (χ0n) is 8.45. The lowest BCUT2D eigenvalue weighted by atomic mass is 10.0. The minimum absolute atomic E-state index is 0.982. The molecule has 0 bridgehead atoms. The molecule has 0 aromatic heterocycles. The van der Waals surface area contributed by atoms with Crippen molar-refractivity contribution in [2.75, 3.05) is 0 Å². The molecule has 0 aliphatic rings. The molecule has 0 aliphatic heterocycles. The average molecular weight is 164 g/mol. The monoisotopic (exact) mass is 164 g/mol. The summed E-state index contributed by atoms with van der Waals surface area (Å²) in [5.41, 5.74) is 3.76. The van der Waals surface area contributed by atoms with Crippen LogP contribution in [0.5, 0.6) is 0 Å². The first-order valence-electron chi connectivity index (χ1n) is 4.47. The van der Waals surface area contributed by atoms with Crippen molar-refractivity contribution in [2.24, 2.45) is 0 Å². The standard InChI is InChI=1S/C12H20/c1-10(2)7-6-8-12(5)9-11(3)4/h1,3,5-9H2,2,4H3. The maximum absolute atomic E-state index is 4.00. The minimum Gasteiger partial charge on any atom is -0.100 e. The van der Waals surface area contributed by atoms with Gasteiger partial charge in [-0.1, -0.05) is 29.9 Å². The Bertz CT molecular complexity index is 184. The van der Waals surface area contributed by atoms with E-state index in [1.54, 1.807) is 0 Å².